The summed E-state index contributed by atoms with van der Waals surface area (Å²) >= 11 is 1.88. The van der Waals surface area contributed by atoms with Crippen molar-refractivity contribution >= 4 is 115 Å². The number of thiophene rings is 1. The van der Waals surface area contributed by atoms with Crippen molar-refractivity contribution in [3.05, 3.63) is 188 Å². The first kappa shape index (κ1) is 36.5. The molecule has 2 aliphatic heterocycles. The summed E-state index contributed by atoms with van der Waals surface area (Å²) in [5.41, 5.74) is 18.3. The molecule has 0 saturated heterocycles. The summed E-state index contributed by atoms with van der Waals surface area (Å²) in [6.07, 6.45) is 0. The maximum atomic E-state index is 6.60. The Morgan fingerprint density at radius 2 is 1.27 bits per heavy atom. The van der Waals surface area contributed by atoms with Crippen LogP contribution in [0, 0.1) is 0 Å². The Bertz CT molecular complexity index is 4210. The third kappa shape index (κ3) is 4.87. The average Bonchev–Trinajstić information content (AvgIpc) is 4.10. The Balaban J connectivity index is 1.12. The normalized spacial score (nSPS) is 13.3. The lowest BCUT2D eigenvalue weighted by Gasteiger charge is -2.42. The van der Waals surface area contributed by atoms with Crippen molar-refractivity contribution in [3.8, 4) is 33.9 Å². The molecule has 0 saturated carbocycles. The molecular formula is C59H39BN4OS. The second-order valence-electron chi connectivity index (χ2n) is 19.1. The number of rotatable bonds is 3. The van der Waals surface area contributed by atoms with Crippen LogP contribution in [0.15, 0.2) is 186 Å². The minimum Gasteiger partial charge on any atom is -0.456 e. The zero-order valence-electron chi connectivity index (χ0n) is 36.5. The van der Waals surface area contributed by atoms with Crippen LogP contribution in [-0.4, -0.2) is 21.0 Å². The molecule has 0 fully saturated rings. The van der Waals surface area contributed by atoms with Gasteiger partial charge >= 0.3 is 6.85 Å². The molecule has 6 heterocycles. The summed E-state index contributed by atoms with van der Waals surface area (Å²) in [6.45, 7) is 6.72. The zero-order chi connectivity index (χ0) is 43.6. The maximum Gasteiger partial charge on any atom is 0.333 e. The highest BCUT2D eigenvalue weighted by Gasteiger charge is 2.45. The van der Waals surface area contributed by atoms with E-state index in [1.807, 2.05) is 11.3 Å². The second-order valence-corrected chi connectivity index (χ2v) is 20.2. The Hall–Kier alpha value is -7.87. The molecule has 2 aliphatic rings. The average molecular weight is 863 g/mol. The Morgan fingerprint density at radius 3 is 2.09 bits per heavy atom. The van der Waals surface area contributed by atoms with Gasteiger partial charge in [-0.05, 0) is 100 Å². The largest absolute Gasteiger partial charge is 0.456 e. The summed E-state index contributed by atoms with van der Waals surface area (Å²) in [7, 11) is 0. The fourth-order valence-electron chi connectivity index (χ4n) is 11.4. The minimum absolute atomic E-state index is 0.0153. The van der Waals surface area contributed by atoms with Crippen LogP contribution in [0.3, 0.4) is 0 Å². The Labute approximate surface area is 384 Å². The van der Waals surface area contributed by atoms with Gasteiger partial charge in [0.1, 0.15) is 17.0 Å². The summed E-state index contributed by atoms with van der Waals surface area (Å²) in [4.78, 5) is 8.22. The summed E-state index contributed by atoms with van der Waals surface area (Å²) in [5.74, 6) is 0.918. The molecule has 4 aromatic heterocycles. The van der Waals surface area contributed by atoms with E-state index in [1.165, 1.54) is 69.8 Å². The van der Waals surface area contributed by atoms with Crippen LogP contribution in [0.25, 0.3) is 109 Å². The van der Waals surface area contributed by atoms with Gasteiger partial charge in [0, 0.05) is 75.6 Å². The molecular weight excluding hydrogens is 824 g/mol. The van der Waals surface area contributed by atoms with Gasteiger partial charge in [-0.2, -0.15) is 0 Å². The lowest BCUT2D eigenvalue weighted by molar-refractivity contribution is 0.590. The molecule has 0 atom stereocenters. The SMILES string of the molecule is CC(C)(C)c1ccc(N2B3c4cc5nc(-c6ccccc6)n(-c6ccccc6)c5cc4-n4c5cc6c(cc5c5ccc(c3c54)-c3cc4sc5ccccc5c4cc32)oc2ccccc26)cc1. The number of aromatic nitrogens is 3. The first-order chi connectivity index (χ1) is 32.4. The number of hydrogen-bond donors (Lipinski definition) is 0. The summed E-state index contributed by atoms with van der Waals surface area (Å²) < 4.78 is 14.1. The maximum absolute atomic E-state index is 6.60. The minimum atomic E-state index is -0.166. The highest BCUT2D eigenvalue weighted by atomic mass is 32.1. The lowest BCUT2D eigenvalue weighted by atomic mass is 9.44. The van der Waals surface area contributed by atoms with E-state index < -0.39 is 0 Å². The van der Waals surface area contributed by atoms with Gasteiger partial charge in [-0.1, -0.05) is 130 Å². The van der Waals surface area contributed by atoms with Crippen molar-refractivity contribution in [3.63, 3.8) is 0 Å². The van der Waals surface area contributed by atoms with Crippen molar-refractivity contribution < 1.29 is 4.42 Å². The molecule has 7 heteroatoms. The monoisotopic (exact) mass is 862 g/mol. The van der Waals surface area contributed by atoms with Gasteiger partial charge < -0.3 is 13.8 Å². The van der Waals surface area contributed by atoms with Gasteiger partial charge in [-0.25, -0.2) is 4.98 Å². The van der Waals surface area contributed by atoms with E-state index in [0.717, 1.165) is 66.9 Å². The number of hydrogen-bond acceptors (Lipinski definition) is 4. The molecule has 0 unspecified atom stereocenters. The number of anilines is 2. The van der Waals surface area contributed by atoms with Gasteiger partial charge in [0.2, 0.25) is 0 Å². The molecule has 66 heavy (non-hydrogen) atoms. The number of benzene rings is 9. The molecule has 0 radical (unpaired) electrons. The number of nitrogens with zero attached hydrogens (tertiary/aromatic N) is 4. The quantitative estimate of drug-likeness (QED) is 0.166. The van der Waals surface area contributed by atoms with Crippen LogP contribution in [0.1, 0.15) is 26.3 Å². The smallest absolute Gasteiger partial charge is 0.333 e. The molecule has 9 aromatic carbocycles. The Kier molecular flexibility index (Phi) is 7.13. The molecule has 310 valence electrons. The van der Waals surface area contributed by atoms with E-state index >= 15 is 0 Å². The topological polar surface area (TPSA) is 39.1 Å². The van der Waals surface area contributed by atoms with Crippen molar-refractivity contribution in [1.82, 2.24) is 14.1 Å². The third-order valence-corrected chi connectivity index (χ3v) is 15.6. The predicted molar refractivity (Wildman–Crippen MR) is 279 cm³/mol. The number of para-hydroxylation sites is 2. The first-order valence-corrected chi connectivity index (χ1v) is 23.6. The van der Waals surface area contributed by atoms with E-state index in [1.54, 1.807) is 0 Å². The van der Waals surface area contributed by atoms with Crippen LogP contribution in [0.2, 0.25) is 0 Å². The molecule has 0 N–H and O–H groups in total. The number of imidazole rings is 1. The number of furan rings is 1. The molecule has 15 rings (SSSR count). The molecule has 0 bridgehead atoms. The van der Waals surface area contributed by atoms with Gasteiger partial charge in [-0.3, -0.25) is 4.57 Å². The van der Waals surface area contributed by atoms with Crippen LogP contribution < -0.4 is 15.7 Å². The molecule has 5 nitrogen and oxygen atoms in total. The standard InChI is InChI=1S/C59H39BN4OS/c1-59(2,3)35-22-24-37(25-23-35)64-49-29-45-39-19-11-13-21-54(39)66-55(45)31-43(49)40-26-27-41-42-30-53-44(38-18-10-12-20-52(38)65-53)28-48(42)63-50-33-51-47(32-46(50)60(64)56(40)57(41)63)61-58(34-14-6-4-7-15-34)62(51)36-16-8-5-9-17-36/h4-33H,1-3H3. The molecule has 13 aromatic rings. The van der Waals surface area contributed by atoms with Crippen LogP contribution in [0.4, 0.5) is 11.4 Å². The van der Waals surface area contributed by atoms with E-state index in [0.29, 0.717) is 0 Å². The van der Waals surface area contributed by atoms with Crippen LogP contribution in [-0.2, 0) is 5.41 Å². The molecule has 0 spiro atoms. The van der Waals surface area contributed by atoms with Crippen molar-refractivity contribution in [2.45, 2.75) is 26.2 Å². The van der Waals surface area contributed by atoms with Gasteiger partial charge in [0.05, 0.1) is 22.1 Å². The van der Waals surface area contributed by atoms with E-state index in [4.69, 9.17) is 9.40 Å². The third-order valence-electron chi connectivity index (χ3n) is 14.4. The van der Waals surface area contributed by atoms with E-state index in [2.05, 4.69) is 217 Å². The zero-order valence-corrected chi connectivity index (χ0v) is 37.3. The highest BCUT2D eigenvalue weighted by Crippen LogP contribution is 2.49. The van der Waals surface area contributed by atoms with Crippen molar-refractivity contribution in [2.75, 3.05) is 4.81 Å². The molecule has 0 amide bonds. The lowest BCUT2D eigenvalue weighted by Crippen LogP contribution is -2.60. The van der Waals surface area contributed by atoms with Crippen molar-refractivity contribution in [2.24, 2.45) is 0 Å². The van der Waals surface area contributed by atoms with Gasteiger partial charge in [0.25, 0.3) is 0 Å². The highest BCUT2D eigenvalue weighted by molar-refractivity contribution is 7.25. The first-order valence-electron chi connectivity index (χ1n) is 22.8. The van der Waals surface area contributed by atoms with E-state index in [9.17, 15) is 0 Å². The Morgan fingerprint density at radius 1 is 0.515 bits per heavy atom. The predicted octanol–water partition coefficient (Wildman–Crippen LogP) is 14.6. The summed E-state index contributed by atoms with van der Waals surface area (Å²) in [6, 6.07) is 67.2. The van der Waals surface area contributed by atoms with Crippen LogP contribution >= 0.6 is 11.3 Å². The fraction of sp³-hybridized carbons (Fsp3) is 0.0678. The summed E-state index contributed by atoms with van der Waals surface area (Å²) in [5, 5.41) is 7.23. The molecule has 0 aliphatic carbocycles. The van der Waals surface area contributed by atoms with Gasteiger partial charge in [0.15, 0.2) is 0 Å². The van der Waals surface area contributed by atoms with Crippen molar-refractivity contribution in [1.29, 1.82) is 0 Å². The van der Waals surface area contributed by atoms with Gasteiger partial charge in [-0.15, -0.1) is 11.3 Å². The second kappa shape index (κ2) is 12.9. The number of fused-ring (bicyclic) bond motifs is 15. The van der Waals surface area contributed by atoms with Crippen LogP contribution in [0.5, 0.6) is 0 Å². The van der Waals surface area contributed by atoms with E-state index in [-0.39, 0.29) is 12.3 Å². The fourth-order valence-corrected chi connectivity index (χ4v) is 12.5.